The minimum atomic E-state index is 0.217. The van der Waals surface area contributed by atoms with Crippen molar-refractivity contribution in [3.63, 3.8) is 0 Å². The molecule has 0 amide bonds. The lowest BCUT2D eigenvalue weighted by molar-refractivity contribution is 0.414. The lowest BCUT2D eigenvalue weighted by atomic mass is 10.2. The topological polar surface area (TPSA) is 84.0 Å². The third-order valence-corrected chi connectivity index (χ3v) is 3.44. The van der Waals surface area contributed by atoms with Crippen LogP contribution in [0.1, 0.15) is 22.7 Å². The Balaban J connectivity index is 1.73. The van der Waals surface area contributed by atoms with Gasteiger partial charge in [-0.1, -0.05) is 18.2 Å². The number of oxazole rings is 1. The van der Waals surface area contributed by atoms with E-state index in [4.69, 9.17) is 9.15 Å². The van der Waals surface area contributed by atoms with Gasteiger partial charge in [-0.15, -0.1) is 0 Å². The molecule has 0 bridgehead atoms. The number of aromatic nitrogens is 2. The van der Waals surface area contributed by atoms with Crippen molar-refractivity contribution in [1.29, 1.82) is 5.26 Å². The predicted molar refractivity (Wildman–Crippen MR) is 94.7 cm³/mol. The molecule has 0 saturated heterocycles. The molecule has 0 spiro atoms. The first kappa shape index (κ1) is 16.3. The summed E-state index contributed by atoms with van der Waals surface area (Å²) in [5, 5.41) is 12.3. The van der Waals surface area contributed by atoms with Gasteiger partial charge in [-0.25, -0.2) is 0 Å². The average molecular weight is 332 g/mol. The van der Waals surface area contributed by atoms with Crippen LogP contribution >= 0.6 is 0 Å². The Kier molecular flexibility index (Phi) is 5.07. The molecule has 6 nitrogen and oxygen atoms in total. The predicted octanol–water partition coefficient (Wildman–Crippen LogP) is 3.73. The lowest BCUT2D eigenvalue weighted by Gasteiger charge is -2.01. The number of ether oxygens (including phenoxy) is 1. The van der Waals surface area contributed by atoms with Crippen molar-refractivity contribution >= 4 is 18.0 Å². The Labute approximate surface area is 145 Å². The number of pyridine rings is 1. The second kappa shape index (κ2) is 7.79. The molecule has 2 aromatic heterocycles. The maximum absolute atomic E-state index is 9.22. The number of benzene rings is 1. The fourth-order valence-electron chi connectivity index (χ4n) is 2.20. The van der Waals surface area contributed by atoms with Gasteiger partial charge >= 0.3 is 0 Å². The molecule has 3 rings (SSSR count). The van der Waals surface area contributed by atoms with Gasteiger partial charge in [0.25, 0.3) is 0 Å². The van der Waals surface area contributed by atoms with E-state index in [2.05, 4.69) is 15.3 Å². The second-order valence-electron chi connectivity index (χ2n) is 5.17. The molecular weight excluding hydrogens is 316 g/mol. The molecular formula is C19H16N4O2. The standard InChI is InChI=1S/C19H16N4O2/c1-24-16-6-2-4-14(10-16)7-8-18-23-17(11-20)19(25-18)22-13-15-5-3-9-21-12-15/h2-10,12,22H,13H2,1H3. The molecule has 0 aliphatic rings. The Morgan fingerprint density at radius 1 is 1.28 bits per heavy atom. The summed E-state index contributed by atoms with van der Waals surface area (Å²) in [5.41, 5.74) is 2.14. The van der Waals surface area contributed by atoms with E-state index >= 15 is 0 Å². The normalized spacial score (nSPS) is 10.6. The highest BCUT2D eigenvalue weighted by molar-refractivity contribution is 5.67. The number of hydrogen-bond acceptors (Lipinski definition) is 6. The summed E-state index contributed by atoms with van der Waals surface area (Å²) in [7, 11) is 1.62. The third-order valence-electron chi connectivity index (χ3n) is 3.44. The summed E-state index contributed by atoms with van der Waals surface area (Å²) in [6, 6.07) is 13.4. The Morgan fingerprint density at radius 3 is 2.96 bits per heavy atom. The van der Waals surface area contributed by atoms with Crippen LogP contribution in [-0.2, 0) is 6.54 Å². The van der Waals surface area contributed by atoms with Gasteiger partial charge in [0.2, 0.25) is 17.5 Å². The number of methoxy groups -OCH3 is 1. The minimum absolute atomic E-state index is 0.217. The largest absolute Gasteiger partial charge is 0.497 e. The van der Waals surface area contributed by atoms with Crippen LogP contribution < -0.4 is 10.1 Å². The van der Waals surface area contributed by atoms with E-state index in [0.717, 1.165) is 16.9 Å². The number of hydrogen-bond donors (Lipinski definition) is 1. The minimum Gasteiger partial charge on any atom is -0.497 e. The number of nitrogens with zero attached hydrogens (tertiary/aromatic N) is 3. The first-order chi connectivity index (χ1) is 12.3. The zero-order chi connectivity index (χ0) is 17.5. The van der Waals surface area contributed by atoms with Crippen molar-refractivity contribution < 1.29 is 9.15 Å². The number of anilines is 1. The summed E-state index contributed by atoms with van der Waals surface area (Å²) >= 11 is 0. The van der Waals surface area contributed by atoms with Crippen molar-refractivity contribution in [2.75, 3.05) is 12.4 Å². The van der Waals surface area contributed by atoms with E-state index < -0.39 is 0 Å². The highest BCUT2D eigenvalue weighted by Gasteiger charge is 2.11. The van der Waals surface area contributed by atoms with Gasteiger partial charge in [-0.05, 0) is 35.4 Å². The van der Waals surface area contributed by atoms with Crippen LogP contribution in [0, 0.1) is 11.3 Å². The van der Waals surface area contributed by atoms with Crippen LogP contribution in [0.3, 0.4) is 0 Å². The van der Waals surface area contributed by atoms with Gasteiger partial charge in [0.1, 0.15) is 11.8 Å². The van der Waals surface area contributed by atoms with Crippen molar-refractivity contribution in [3.8, 4) is 11.8 Å². The fraction of sp³-hybridized carbons (Fsp3) is 0.105. The van der Waals surface area contributed by atoms with Gasteiger partial charge in [-0.3, -0.25) is 4.98 Å². The highest BCUT2D eigenvalue weighted by atomic mass is 16.5. The highest BCUT2D eigenvalue weighted by Crippen LogP contribution is 2.20. The number of nitrogens with one attached hydrogen (secondary N) is 1. The van der Waals surface area contributed by atoms with E-state index in [1.807, 2.05) is 48.5 Å². The molecule has 0 aliphatic carbocycles. The zero-order valence-corrected chi connectivity index (χ0v) is 13.6. The van der Waals surface area contributed by atoms with Gasteiger partial charge in [0, 0.05) is 25.0 Å². The van der Waals surface area contributed by atoms with E-state index in [9.17, 15) is 5.26 Å². The molecule has 1 N–H and O–H groups in total. The van der Waals surface area contributed by atoms with E-state index in [1.54, 1.807) is 25.6 Å². The van der Waals surface area contributed by atoms with Crippen molar-refractivity contribution in [1.82, 2.24) is 9.97 Å². The average Bonchev–Trinajstić information content (AvgIpc) is 3.08. The van der Waals surface area contributed by atoms with Crippen LogP contribution in [0.25, 0.3) is 12.2 Å². The SMILES string of the molecule is COc1cccc(C=Cc2nc(C#N)c(NCc3cccnc3)o2)c1. The van der Waals surface area contributed by atoms with Crippen LogP contribution in [0.2, 0.25) is 0 Å². The Bertz CT molecular complexity index is 911. The summed E-state index contributed by atoms with van der Waals surface area (Å²) < 4.78 is 10.8. The molecule has 3 aromatic rings. The lowest BCUT2D eigenvalue weighted by Crippen LogP contribution is -1.99. The first-order valence-corrected chi connectivity index (χ1v) is 7.64. The molecule has 0 saturated carbocycles. The summed E-state index contributed by atoms with van der Waals surface area (Å²) in [6.45, 7) is 0.497. The molecule has 0 unspecified atom stereocenters. The molecule has 0 aliphatic heterocycles. The van der Waals surface area contributed by atoms with Crippen LogP contribution in [0.5, 0.6) is 5.75 Å². The Hall–Kier alpha value is -3.59. The molecule has 124 valence electrons. The van der Waals surface area contributed by atoms with Crippen molar-refractivity contribution in [2.24, 2.45) is 0 Å². The molecule has 6 heteroatoms. The molecule has 25 heavy (non-hydrogen) atoms. The van der Waals surface area contributed by atoms with E-state index in [1.165, 1.54) is 0 Å². The summed E-state index contributed by atoms with van der Waals surface area (Å²) in [6.07, 6.45) is 7.02. The van der Waals surface area contributed by atoms with Gasteiger partial charge in [0.15, 0.2) is 0 Å². The molecule has 0 radical (unpaired) electrons. The van der Waals surface area contributed by atoms with Crippen LogP contribution in [0.4, 0.5) is 5.88 Å². The summed E-state index contributed by atoms with van der Waals surface area (Å²) in [5.74, 6) is 1.47. The molecule has 1 aromatic carbocycles. The van der Waals surface area contributed by atoms with Gasteiger partial charge in [-0.2, -0.15) is 10.2 Å². The molecule has 0 fully saturated rings. The first-order valence-electron chi connectivity index (χ1n) is 7.64. The maximum Gasteiger partial charge on any atom is 0.232 e. The smallest absolute Gasteiger partial charge is 0.232 e. The zero-order valence-electron chi connectivity index (χ0n) is 13.6. The van der Waals surface area contributed by atoms with Gasteiger partial charge < -0.3 is 14.5 Å². The number of rotatable bonds is 6. The fourth-order valence-corrected chi connectivity index (χ4v) is 2.20. The van der Waals surface area contributed by atoms with Crippen molar-refractivity contribution in [2.45, 2.75) is 6.54 Å². The van der Waals surface area contributed by atoms with E-state index in [0.29, 0.717) is 18.3 Å². The maximum atomic E-state index is 9.22. The molecule has 0 atom stereocenters. The summed E-state index contributed by atoms with van der Waals surface area (Å²) in [4.78, 5) is 8.22. The number of nitriles is 1. The van der Waals surface area contributed by atoms with Crippen molar-refractivity contribution in [3.05, 3.63) is 71.5 Å². The third kappa shape index (κ3) is 4.24. The van der Waals surface area contributed by atoms with Crippen LogP contribution in [0.15, 0.2) is 53.2 Å². The monoisotopic (exact) mass is 332 g/mol. The quantitative estimate of drug-likeness (QED) is 0.740. The second-order valence-corrected chi connectivity index (χ2v) is 5.17. The van der Waals surface area contributed by atoms with E-state index in [-0.39, 0.29) is 5.69 Å². The molecule has 2 heterocycles. The van der Waals surface area contributed by atoms with Crippen LogP contribution in [-0.4, -0.2) is 17.1 Å². The Morgan fingerprint density at radius 2 is 2.20 bits per heavy atom. The van der Waals surface area contributed by atoms with Gasteiger partial charge in [0.05, 0.1) is 7.11 Å².